The van der Waals surface area contributed by atoms with Crippen LogP contribution in [0.3, 0.4) is 0 Å². The molecule has 0 saturated carbocycles. The minimum atomic E-state index is 0.738. The van der Waals surface area contributed by atoms with Crippen molar-refractivity contribution in [2.75, 3.05) is 0 Å². The highest BCUT2D eigenvalue weighted by Gasteiger charge is 2.29. The number of benzene rings is 2. The maximum absolute atomic E-state index is 6.70. The van der Waals surface area contributed by atoms with Crippen LogP contribution in [0, 0.1) is 0 Å². The van der Waals surface area contributed by atoms with Crippen LogP contribution in [0.5, 0.6) is 11.5 Å². The lowest BCUT2D eigenvalue weighted by Crippen LogP contribution is -2.18. The van der Waals surface area contributed by atoms with Crippen LogP contribution in [0.4, 0.5) is 0 Å². The zero-order valence-electron chi connectivity index (χ0n) is 23.2. The van der Waals surface area contributed by atoms with Gasteiger partial charge in [0.25, 0.3) is 0 Å². The summed E-state index contributed by atoms with van der Waals surface area (Å²) in [7, 11) is 0. The Bertz CT molecular complexity index is 862. The molecule has 0 atom stereocenters. The molecule has 0 amide bonds. The second-order valence-corrected chi connectivity index (χ2v) is 11.3. The Balaban J connectivity index is 1.54. The lowest BCUT2D eigenvalue weighted by Gasteiger charge is -2.32. The first-order chi connectivity index (χ1) is 17.2. The van der Waals surface area contributed by atoms with Crippen molar-refractivity contribution < 1.29 is 4.74 Å². The van der Waals surface area contributed by atoms with Crippen molar-refractivity contribution in [3.05, 3.63) is 57.6 Å². The molecular weight excluding hydrogens is 424 g/mol. The van der Waals surface area contributed by atoms with Gasteiger partial charge in [0.15, 0.2) is 0 Å². The van der Waals surface area contributed by atoms with E-state index in [2.05, 4.69) is 52.0 Å². The van der Waals surface area contributed by atoms with Crippen LogP contribution in [0.25, 0.3) is 0 Å². The molecular formula is C34H50O. The van der Waals surface area contributed by atoms with Crippen LogP contribution in [-0.4, -0.2) is 0 Å². The molecule has 1 heteroatoms. The van der Waals surface area contributed by atoms with Gasteiger partial charge in [-0.1, -0.05) is 91.2 Å². The number of hydrogen-bond acceptors (Lipinski definition) is 1. The Hall–Kier alpha value is -1.76. The van der Waals surface area contributed by atoms with E-state index in [4.69, 9.17) is 4.74 Å². The Morgan fingerprint density at radius 2 is 0.857 bits per heavy atom. The van der Waals surface area contributed by atoms with Crippen molar-refractivity contribution in [2.45, 2.75) is 142 Å². The molecule has 2 aliphatic rings. The van der Waals surface area contributed by atoms with Crippen LogP contribution in [0.15, 0.2) is 24.3 Å². The number of hydrogen-bond donors (Lipinski definition) is 0. The third-order valence-corrected chi connectivity index (χ3v) is 8.82. The summed E-state index contributed by atoms with van der Waals surface area (Å²) in [6.07, 6.45) is 20.8. The van der Waals surface area contributed by atoms with Gasteiger partial charge in [0.05, 0.1) is 0 Å². The molecule has 1 nitrogen and oxygen atoms in total. The van der Waals surface area contributed by atoms with E-state index in [0.29, 0.717) is 0 Å². The average molecular weight is 475 g/mol. The normalized spacial score (nSPS) is 14.0. The van der Waals surface area contributed by atoms with Crippen LogP contribution in [0.1, 0.15) is 150 Å². The lowest BCUT2D eigenvalue weighted by atomic mass is 9.76. The second-order valence-electron chi connectivity index (χ2n) is 11.3. The minimum Gasteiger partial charge on any atom is -0.457 e. The van der Waals surface area contributed by atoms with Gasteiger partial charge in [-0.2, -0.15) is 0 Å². The Kier molecular flexibility index (Phi) is 9.75. The largest absolute Gasteiger partial charge is 0.457 e. The van der Waals surface area contributed by atoms with E-state index >= 15 is 0 Å². The summed E-state index contributed by atoms with van der Waals surface area (Å²) in [5.41, 5.74) is 9.52. The maximum atomic E-state index is 6.70. The van der Waals surface area contributed by atoms with Crippen molar-refractivity contribution >= 4 is 0 Å². The minimum absolute atomic E-state index is 0.738. The fourth-order valence-electron chi connectivity index (χ4n) is 6.45. The molecule has 0 radical (unpaired) electrons. The van der Waals surface area contributed by atoms with Gasteiger partial charge < -0.3 is 4.74 Å². The molecule has 0 bridgehead atoms. The summed E-state index contributed by atoms with van der Waals surface area (Å²) in [5, 5.41) is 0. The highest BCUT2D eigenvalue weighted by Crippen LogP contribution is 2.45. The molecule has 0 unspecified atom stereocenters. The second kappa shape index (κ2) is 13.0. The molecule has 192 valence electrons. The van der Waals surface area contributed by atoms with E-state index in [9.17, 15) is 0 Å². The van der Waals surface area contributed by atoms with Crippen molar-refractivity contribution in [1.82, 2.24) is 0 Å². The summed E-state index contributed by atoms with van der Waals surface area (Å²) >= 11 is 0. The van der Waals surface area contributed by atoms with E-state index in [0.717, 1.165) is 23.3 Å². The summed E-state index contributed by atoms with van der Waals surface area (Å²) in [6.45, 7) is 9.29. The predicted octanol–water partition coefficient (Wildman–Crippen LogP) is 10.6. The zero-order chi connectivity index (χ0) is 24.6. The standard InChI is InChI=1S/C34H50O/c1-5-9-13-25(14-10-6-2)27-21-23-33(31-19-17-29(27)31)35-34-24-22-28(30-18-20-32(30)34)26(15-11-7-3)16-12-8-4/h21-26H,5-20H2,1-4H3. The number of rotatable bonds is 16. The van der Waals surface area contributed by atoms with Gasteiger partial charge in [-0.25, -0.2) is 0 Å². The third-order valence-electron chi connectivity index (χ3n) is 8.82. The smallest absolute Gasteiger partial charge is 0.130 e. The first-order valence-corrected chi connectivity index (χ1v) is 15.2. The first-order valence-electron chi connectivity index (χ1n) is 15.2. The first kappa shape index (κ1) is 26.3. The molecule has 2 aliphatic carbocycles. The van der Waals surface area contributed by atoms with Gasteiger partial charge in [0.2, 0.25) is 0 Å². The summed E-state index contributed by atoms with van der Waals surface area (Å²) in [5.74, 6) is 3.74. The van der Waals surface area contributed by atoms with Gasteiger partial charge >= 0.3 is 0 Å². The topological polar surface area (TPSA) is 9.23 Å². The van der Waals surface area contributed by atoms with E-state index in [-0.39, 0.29) is 0 Å². The highest BCUT2D eigenvalue weighted by molar-refractivity contribution is 5.57. The zero-order valence-corrected chi connectivity index (χ0v) is 23.2. The molecule has 0 fully saturated rings. The van der Waals surface area contributed by atoms with Crippen LogP contribution in [-0.2, 0) is 25.7 Å². The Morgan fingerprint density at radius 3 is 1.14 bits per heavy atom. The van der Waals surface area contributed by atoms with Gasteiger partial charge in [-0.3, -0.25) is 0 Å². The van der Waals surface area contributed by atoms with Gasteiger partial charge in [0, 0.05) is 0 Å². The Morgan fingerprint density at radius 1 is 0.514 bits per heavy atom. The molecule has 4 rings (SSSR count). The molecule has 0 aromatic heterocycles. The number of ether oxygens (including phenoxy) is 1. The predicted molar refractivity (Wildman–Crippen MR) is 151 cm³/mol. The molecule has 0 saturated heterocycles. The van der Waals surface area contributed by atoms with Crippen molar-refractivity contribution in [3.63, 3.8) is 0 Å². The van der Waals surface area contributed by atoms with Crippen LogP contribution >= 0.6 is 0 Å². The van der Waals surface area contributed by atoms with E-state index in [1.165, 1.54) is 114 Å². The quantitative estimate of drug-likeness (QED) is 0.235. The molecule has 2 aromatic carbocycles. The van der Waals surface area contributed by atoms with E-state index < -0.39 is 0 Å². The van der Waals surface area contributed by atoms with Crippen LogP contribution in [0.2, 0.25) is 0 Å². The van der Waals surface area contributed by atoms with Gasteiger partial charge in [0.1, 0.15) is 11.5 Å². The van der Waals surface area contributed by atoms with Gasteiger partial charge in [-0.15, -0.1) is 0 Å². The molecule has 0 heterocycles. The fourth-order valence-corrected chi connectivity index (χ4v) is 6.45. The SMILES string of the molecule is CCCCC(CCCC)c1ccc(Oc2ccc(C(CCCC)CCCC)c3c2CC3)c2c1CC2. The van der Waals surface area contributed by atoms with Gasteiger partial charge in [-0.05, 0) is 109 Å². The van der Waals surface area contributed by atoms with E-state index in [1.54, 1.807) is 22.3 Å². The molecule has 0 aliphatic heterocycles. The summed E-state index contributed by atoms with van der Waals surface area (Å²) in [4.78, 5) is 0. The summed E-state index contributed by atoms with van der Waals surface area (Å²) < 4.78 is 6.70. The van der Waals surface area contributed by atoms with E-state index in [1.807, 2.05) is 0 Å². The number of unbranched alkanes of at least 4 members (excludes halogenated alkanes) is 4. The maximum Gasteiger partial charge on any atom is 0.130 e. The Labute approximate surface area is 216 Å². The summed E-state index contributed by atoms with van der Waals surface area (Å²) in [6, 6.07) is 9.47. The monoisotopic (exact) mass is 474 g/mol. The third kappa shape index (κ3) is 5.98. The van der Waals surface area contributed by atoms with Crippen LogP contribution < -0.4 is 4.74 Å². The number of fused-ring (bicyclic) bond motifs is 2. The molecule has 35 heavy (non-hydrogen) atoms. The lowest BCUT2D eigenvalue weighted by molar-refractivity contribution is 0.452. The average Bonchev–Trinajstić information content (AvgIpc) is 2.81. The molecule has 0 N–H and O–H groups in total. The van der Waals surface area contributed by atoms with Crippen molar-refractivity contribution in [2.24, 2.45) is 0 Å². The fraction of sp³-hybridized carbons (Fsp3) is 0.647. The molecule has 0 spiro atoms. The highest BCUT2D eigenvalue weighted by atomic mass is 16.5. The van der Waals surface area contributed by atoms with Crippen molar-refractivity contribution in [3.8, 4) is 11.5 Å². The van der Waals surface area contributed by atoms with Crippen molar-refractivity contribution in [1.29, 1.82) is 0 Å². The molecule has 2 aromatic rings.